The highest BCUT2D eigenvalue weighted by Crippen LogP contribution is 2.36. The summed E-state index contributed by atoms with van der Waals surface area (Å²) in [7, 11) is 1.46. The SMILES string of the molecule is COC(=O)C(C)(CCOC1CCC(C)(C)CC1)NC1CC1. The molecule has 0 bridgehead atoms. The molecule has 4 heteroatoms. The van der Waals surface area contributed by atoms with Crippen LogP contribution < -0.4 is 5.32 Å². The minimum Gasteiger partial charge on any atom is -0.468 e. The Labute approximate surface area is 129 Å². The molecule has 0 aliphatic heterocycles. The van der Waals surface area contributed by atoms with Crippen molar-refractivity contribution >= 4 is 5.97 Å². The number of hydrogen-bond donors (Lipinski definition) is 1. The van der Waals surface area contributed by atoms with Crippen LogP contribution in [0.4, 0.5) is 0 Å². The zero-order chi connectivity index (χ0) is 15.5. The zero-order valence-electron chi connectivity index (χ0n) is 14.0. The largest absolute Gasteiger partial charge is 0.468 e. The first-order valence-corrected chi connectivity index (χ1v) is 8.32. The van der Waals surface area contributed by atoms with Crippen LogP contribution in [-0.2, 0) is 14.3 Å². The number of nitrogens with one attached hydrogen (secondary N) is 1. The van der Waals surface area contributed by atoms with Crippen LogP contribution in [0.3, 0.4) is 0 Å². The molecule has 21 heavy (non-hydrogen) atoms. The average molecular weight is 297 g/mol. The van der Waals surface area contributed by atoms with Gasteiger partial charge in [-0.1, -0.05) is 13.8 Å². The highest BCUT2D eigenvalue weighted by atomic mass is 16.5. The predicted molar refractivity (Wildman–Crippen MR) is 83.2 cm³/mol. The Kier molecular flexibility index (Phi) is 5.31. The van der Waals surface area contributed by atoms with Gasteiger partial charge in [-0.25, -0.2) is 0 Å². The molecular formula is C17H31NO3. The van der Waals surface area contributed by atoms with Crippen molar-refractivity contribution in [1.29, 1.82) is 0 Å². The van der Waals surface area contributed by atoms with Gasteiger partial charge in [0.15, 0.2) is 0 Å². The number of carbonyl (C=O) groups excluding carboxylic acids is 1. The molecule has 0 aromatic rings. The van der Waals surface area contributed by atoms with E-state index in [0.717, 1.165) is 25.7 Å². The minimum atomic E-state index is -0.607. The van der Waals surface area contributed by atoms with Gasteiger partial charge in [0.25, 0.3) is 0 Å². The van der Waals surface area contributed by atoms with Gasteiger partial charge in [-0.15, -0.1) is 0 Å². The van der Waals surface area contributed by atoms with Crippen molar-refractivity contribution in [3.05, 3.63) is 0 Å². The predicted octanol–water partition coefficient (Wildman–Crippen LogP) is 3.05. The molecule has 1 unspecified atom stereocenters. The van der Waals surface area contributed by atoms with E-state index < -0.39 is 5.54 Å². The van der Waals surface area contributed by atoms with E-state index in [1.165, 1.54) is 20.0 Å². The third-order valence-corrected chi connectivity index (χ3v) is 4.98. The van der Waals surface area contributed by atoms with Gasteiger partial charge in [-0.2, -0.15) is 0 Å². The van der Waals surface area contributed by atoms with Crippen molar-refractivity contribution < 1.29 is 14.3 Å². The quantitative estimate of drug-likeness (QED) is 0.734. The lowest BCUT2D eigenvalue weighted by atomic mass is 9.76. The fraction of sp³-hybridized carbons (Fsp3) is 0.941. The van der Waals surface area contributed by atoms with Crippen molar-refractivity contribution in [2.75, 3.05) is 13.7 Å². The molecule has 1 atom stereocenters. The molecule has 2 rings (SSSR count). The number of carbonyl (C=O) groups is 1. The zero-order valence-corrected chi connectivity index (χ0v) is 14.0. The Bertz CT molecular complexity index is 355. The summed E-state index contributed by atoms with van der Waals surface area (Å²) in [6.07, 6.45) is 8.08. The van der Waals surface area contributed by atoms with Crippen molar-refractivity contribution in [1.82, 2.24) is 5.32 Å². The van der Waals surface area contributed by atoms with E-state index in [-0.39, 0.29) is 5.97 Å². The van der Waals surface area contributed by atoms with Crippen LogP contribution in [0.2, 0.25) is 0 Å². The molecule has 4 nitrogen and oxygen atoms in total. The number of rotatable bonds is 7. The topological polar surface area (TPSA) is 47.6 Å². The summed E-state index contributed by atoms with van der Waals surface area (Å²) < 4.78 is 11.0. The number of methoxy groups -OCH3 is 1. The third-order valence-electron chi connectivity index (χ3n) is 4.98. The lowest BCUT2D eigenvalue weighted by Gasteiger charge is -2.35. The Morgan fingerprint density at radius 2 is 1.86 bits per heavy atom. The summed E-state index contributed by atoms with van der Waals surface area (Å²) in [6.45, 7) is 7.22. The molecule has 2 aliphatic carbocycles. The molecule has 2 fully saturated rings. The normalized spacial score (nSPS) is 25.3. The Morgan fingerprint density at radius 3 is 2.38 bits per heavy atom. The van der Waals surface area contributed by atoms with Crippen LogP contribution in [0.1, 0.15) is 65.7 Å². The van der Waals surface area contributed by atoms with E-state index in [2.05, 4.69) is 19.2 Å². The summed E-state index contributed by atoms with van der Waals surface area (Å²) in [6, 6.07) is 0.476. The van der Waals surface area contributed by atoms with Gasteiger partial charge >= 0.3 is 5.97 Å². The second-order valence-corrected chi connectivity index (χ2v) is 7.73. The van der Waals surface area contributed by atoms with E-state index in [1.807, 2.05) is 6.92 Å². The van der Waals surface area contributed by atoms with Crippen molar-refractivity contribution in [3.63, 3.8) is 0 Å². The van der Waals surface area contributed by atoms with Crippen molar-refractivity contribution in [3.8, 4) is 0 Å². The maximum atomic E-state index is 12.0. The first-order valence-electron chi connectivity index (χ1n) is 8.32. The Balaban J connectivity index is 1.75. The minimum absolute atomic E-state index is 0.178. The van der Waals surface area contributed by atoms with Crippen LogP contribution in [0.15, 0.2) is 0 Å². The van der Waals surface area contributed by atoms with Gasteiger partial charge in [-0.05, 0) is 57.3 Å². The van der Waals surface area contributed by atoms with E-state index in [9.17, 15) is 4.79 Å². The first-order chi connectivity index (χ1) is 9.85. The monoisotopic (exact) mass is 297 g/mol. The second kappa shape index (κ2) is 6.66. The summed E-state index contributed by atoms with van der Waals surface area (Å²) in [5, 5.41) is 3.41. The van der Waals surface area contributed by atoms with Gasteiger partial charge in [0.1, 0.15) is 5.54 Å². The molecule has 0 aromatic carbocycles. The second-order valence-electron chi connectivity index (χ2n) is 7.73. The average Bonchev–Trinajstić information content (AvgIpc) is 3.23. The number of ether oxygens (including phenoxy) is 2. The third kappa shape index (κ3) is 4.96. The van der Waals surface area contributed by atoms with Gasteiger partial charge < -0.3 is 9.47 Å². The Morgan fingerprint density at radius 1 is 1.24 bits per heavy atom. The maximum Gasteiger partial charge on any atom is 0.325 e. The van der Waals surface area contributed by atoms with Crippen LogP contribution in [-0.4, -0.2) is 37.4 Å². The van der Waals surface area contributed by atoms with Crippen LogP contribution >= 0.6 is 0 Å². The molecule has 0 aromatic heterocycles. The molecule has 2 saturated carbocycles. The summed E-state index contributed by atoms with van der Waals surface area (Å²) in [5.41, 5.74) is -0.141. The maximum absolute atomic E-state index is 12.0. The molecular weight excluding hydrogens is 266 g/mol. The number of hydrogen-bond acceptors (Lipinski definition) is 4. The standard InChI is InChI=1S/C17H31NO3/c1-16(2)9-7-14(8-10-16)21-12-11-17(3,15(19)20-4)18-13-5-6-13/h13-14,18H,5-12H2,1-4H3. The van der Waals surface area contributed by atoms with Crippen molar-refractivity contribution in [2.24, 2.45) is 5.41 Å². The molecule has 0 amide bonds. The lowest BCUT2D eigenvalue weighted by molar-refractivity contribution is -0.149. The van der Waals surface area contributed by atoms with Gasteiger partial charge in [-0.3, -0.25) is 10.1 Å². The van der Waals surface area contributed by atoms with E-state index in [1.54, 1.807) is 0 Å². The smallest absolute Gasteiger partial charge is 0.325 e. The van der Waals surface area contributed by atoms with Crippen molar-refractivity contribution in [2.45, 2.75) is 83.4 Å². The lowest BCUT2D eigenvalue weighted by Crippen LogP contribution is -2.52. The van der Waals surface area contributed by atoms with Crippen LogP contribution in [0.25, 0.3) is 0 Å². The molecule has 0 spiro atoms. The highest BCUT2D eigenvalue weighted by Gasteiger charge is 2.39. The first kappa shape index (κ1) is 16.8. The molecule has 0 saturated heterocycles. The molecule has 2 aliphatic rings. The number of esters is 1. The summed E-state index contributed by atoms with van der Waals surface area (Å²) >= 11 is 0. The summed E-state index contributed by atoms with van der Waals surface area (Å²) in [4.78, 5) is 12.0. The fourth-order valence-electron chi connectivity index (χ4n) is 3.11. The van der Waals surface area contributed by atoms with E-state index in [0.29, 0.717) is 30.6 Å². The molecule has 122 valence electrons. The van der Waals surface area contributed by atoms with Crippen LogP contribution in [0, 0.1) is 5.41 Å². The van der Waals surface area contributed by atoms with Gasteiger partial charge in [0.2, 0.25) is 0 Å². The molecule has 1 N–H and O–H groups in total. The highest BCUT2D eigenvalue weighted by molar-refractivity contribution is 5.80. The van der Waals surface area contributed by atoms with E-state index in [4.69, 9.17) is 9.47 Å². The molecule has 0 radical (unpaired) electrons. The Hall–Kier alpha value is -0.610. The van der Waals surface area contributed by atoms with E-state index >= 15 is 0 Å². The van der Waals surface area contributed by atoms with Crippen LogP contribution in [0.5, 0.6) is 0 Å². The van der Waals surface area contributed by atoms with Gasteiger partial charge in [0.05, 0.1) is 13.2 Å². The fourth-order valence-corrected chi connectivity index (χ4v) is 3.11. The molecule has 0 heterocycles. The van der Waals surface area contributed by atoms with Gasteiger partial charge in [0, 0.05) is 12.6 Å². The summed E-state index contributed by atoms with van der Waals surface area (Å²) in [5.74, 6) is -0.178.